The molecule has 0 aliphatic carbocycles. The van der Waals surface area contributed by atoms with Gasteiger partial charge in [0.2, 0.25) is 0 Å². The molecule has 0 spiro atoms. The Morgan fingerprint density at radius 3 is 2.74 bits per heavy atom. The molecule has 1 aromatic heterocycles. The summed E-state index contributed by atoms with van der Waals surface area (Å²) in [4.78, 5) is 4.72. The van der Waals surface area contributed by atoms with E-state index in [4.69, 9.17) is 15.5 Å². The van der Waals surface area contributed by atoms with Gasteiger partial charge in [0.25, 0.3) is 0 Å². The minimum absolute atomic E-state index is 0.137. The van der Waals surface area contributed by atoms with Crippen LogP contribution in [0.1, 0.15) is 19.7 Å². The van der Waals surface area contributed by atoms with Crippen molar-refractivity contribution in [2.24, 2.45) is 11.7 Å². The van der Waals surface area contributed by atoms with E-state index in [1.54, 1.807) is 7.11 Å². The van der Waals surface area contributed by atoms with Crippen molar-refractivity contribution in [3.63, 3.8) is 0 Å². The Hall–Kier alpha value is -1.39. The molecule has 0 saturated heterocycles. The Bertz CT molecular complexity index is 533. The topological polar surface area (TPSA) is 53.1 Å². The summed E-state index contributed by atoms with van der Waals surface area (Å²) >= 11 is 0. The van der Waals surface area contributed by atoms with Crippen molar-refractivity contribution in [1.82, 2.24) is 9.55 Å². The van der Waals surface area contributed by atoms with E-state index < -0.39 is 0 Å². The summed E-state index contributed by atoms with van der Waals surface area (Å²) in [5.74, 6) is 1.51. The van der Waals surface area contributed by atoms with Gasteiger partial charge in [0.15, 0.2) is 0 Å². The van der Waals surface area contributed by atoms with Crippen LogP contribution in [0.4, 0.5) is 0 Å². The maximum absolute atomic E-state index is 6.18. The number of rotatable bonds is 6. The monoisotopic (exact) mass is 261 g/mol. The Kier molecular flexibility index (Phi) is 4.56. The van der Waals surface area contributed by atoms with E-state index in [0.717, 1.165) is 29.8 Å². The summed E-state index contributed by atoms with van der Waals surface area (Å²) in [7, 11) is 1.72. The summed E-state index contributed by atoms with van der Waals surface area (Å²) < 4.78 is 7.41. The Morgan fingerprint density at radius 2 is 2.05 bits per heavy atom. The molecule has 0 aliphatic rings. The quantitative estimate of drug-likeness (QED) is 0.867. The zero-order valence-electron chi connectivity index (χ0n) is 12.0. The van der Waals surface area contributed by atoms with E-state index in [-0.39, 0.29) is 6.04 Å². The SMILES string of the molecule is COCCn1c(CC(N)C(C)C)nc2ccccc21. The third-order valence-electron chi connectivity index (χ3n) is 3.53. The highest BCUT2D eigenvalue weighted by atomic mass is 16.5. The highest BCUT2D eigenvalue weighted by molar-refractivity contribution is 5.75. The van der Waals surface area contributed by atoms with E-state index >= 15 is 0 Å². The molecule has 4 nitrogen and oxygen atoms in total. The van der Waals surface area contributed by atoms with Crippen LogP contribution < -0.4 is 5.73 Å². The molecule has 1 unspecified atom stereocenters. The molecular weight excluding hydrogens is 238 g/mol. The summed E-state index contributed by atoms with van der Waals surface area (Å²) in [6.07, 6.45) is 0.802. The number of methoxy groups -OCH3 is 1. The van der Waals surface area contributed by atoms with Crippen molar-refractivity contribution in [3.05, 3.63) is 30.1 Å². The zero-order valence-corrected chi connectivity index (χ0v) is 12.0. The van der Waals surface area contributed by atoms with Crippen LogP contribution in [0.5, 0.6) is 0 Å². The van der Waals surface area contributed by atoms with E-state index in [9.17, 15) is 0 Å². The molecule has 0 fully saturated rings. The number of fused-ring (bicyclic) bond motifs is 1. The van der Waals surface area contributed by atoms with Crippen LogP contribution in [-0.4, -0.2) is 29.3 Å². The fraction of sp³-hybridized carbons (Fsp3) is 0.533. The number of benzene rings is 1. The molecule has 1 heterocycles. The van der Waals surface area contributed by atoms with Gasteiger partial charge in [-0.15, -0.1) is 0 Å². The number of nitrogens with zero attached hydrogens (tertiary/aromatic N) is 2. The Labute approximate surface area is 114 Å². The first-order valence-corrected chi connectivity index (χ1v) is 6.82. The predicted molar refractivity (Wildman–Crippen MR) is 78.1 cm³/mol. The molecule has 0 aliphatic heterocycles. The lowest BCUT2D eigenvalue weighted by atomic mass is 10.0. The summed E-state index contributed by atoms with van der Waals surface area (Å²) in [6.45, 7) is 5.79. The van der Waals surface area contributed by atoms with Gasteiger partial charge in [0.1, 0.15) is 5.82 Å². The summed E-state index contributed by atoms with van der Waals surface area (Å²) in [5, 5.41) is 0. The molecule has 0 amide bonds. The van der Waals surface area contributed by atoms with Crippen LogP contribution in [0.15, 0.2) is 24.3 Å². The standard InChI is InChI=1S/C15H23N3O/c1-11(2)12(16)10-15-17-13-6-4-5-7-14(13)18(15)8-9-19-3/h4-7,11-12H,8-10,16H2,1-3H3. The van der Waals surface area contributed by atoms with Gasteiger partial charge in [-0.2, -0.15) is 0 Å². The molecule has 2 rings (SSSR count). The lowest BCUT2D eigenvalue weighted by molar-refractivity contribution is 0.187. The lowest BCUT2D eigenvalue weighted by Crippen LogP contribution is -2.30. The minimum Gasteiger partial charge on any atom is -0.383 e. The van der Waals surface area contributed by atoms with E-state index in [2.05, 4.69) is 24.5 Å². The maximum Gasteiger partial charge on any atom is 0.111 e. The van der Waals surface area contributed by atoms with Gasteiger partial charge in [-0.25, -0.2) is 4.98 Å². The number of aromatic nitrogens is 2. The second kappa shape index (κ2) is 6.17. The van der Waals surface area contributed by atoms with Crippen molar-refractivity contribution >= 4 is 11.0 Å². The molecule has 0 bridgehead atoms. The second-order valence-electron chi connectivity index (χ2n) is 5.27. The molecule has 4 heteroatoms. The van der Waals surface area contributed by atoms with Crippen LogP contribution in [0.25, 0.3) is 11.0 Å². The molecule has 0 saturated carbocycles. The van der Waals surface area contributed by atoms with Crippen molar-refractivity contribution in [1.29, 1.82) is 0 Å². The molecule has 104 valence electrons. The molecule has 0 radical (unpaired) electrons. The molecule has 1 aromatic carbocycles. The lowest BCUT2D eigenvalue weighted by Gasteiger charge is -2.16. The molecule has 2 N–H and O–H groups in total. The predicted octanol–water partition coefficient (Wildman–Crippen LogP) is 2.21. The maximum atomic E-state index is 6.18. The van der Waals surface area contributed by atoms with Gasteiger partial charge in [-0.05, 0) is 18.1 Å². The zero-order chi connectivity index (χ0) is 13.8. The van der Waals surface area contributed by atoms with Crippen LogP contribution in [0, 0.1) is 5.92 Å². The van der Waals surface area contributed by atoms with Crippen molar-refractivity contribution < 1.29 is 4.74 Å². The minimum atomic E-state index is 0.137. The Balaban J connectivity index is 2.35. The highest BCUT2D eigenvalue weighted by Crippen LogP contribution is 2.18. The van der Waals surface area contributed by atoms with Crippen molar-refractivity contribution in [2.75, 3.05) is 13.7 Å². The number of ether oxygens (including phenoxy) is 1. The fourth-order valence-electron chi connectivity index (χ4n) is 2.16. The van der Waals surface area contributed by atoms with E-state index in [0.29, 0.717) is 12.5 Å². The van der Waals surface area contributed by atoms with Gasteiger partial charge < -0.3 is 15.0 Å². The number of hydrogen-bond acceptors (Lipinski definition) is 3. The number of hydrogen-bond donors (Lipinski definition) is 1. The smallest absolute Gasteiger partial charge is 0.111 e. The van der Waals surface area contributed by atoms with Crippen LogP contribution in [-0.2, 0) is 17.7 Å². The van der Waals surface area contributed by atoms with Crippen molar-refractivity contribution in [3.8, 4) is 0 Å². The molecule has 19 heavy (non-hydrogen) atoms. The molecular formula is C15H23N3O. The van der Waals surface area contributed by atoms with Gasteiger partial charge in [0.05, 0.1) is 17.6 Å². The Morgan fingerprint density at radius 1 is 1.32 bits per heavy atom. The number of nitrogens with two attached hydrogens (primary N) is 1. The van der Waals surface area contributed by atoms with E-state index in [1.165, 1.54) is 0 Å². The van der Waals surface area contributed by atoms with Crippen LogP contribution in [0.2, 0.25) is 0 Å². The normalized spacial score (nSPS) is 13.3. The third kappa shape index (κ3) is 3.14. The van der Waals surface area contributed by atoms with Crippen molar-refractivity contribution in [2.45, 2.75) is 32.9 Å². The van der Waals surface area contributed by atoms with Crippen LogP contribution in [0.3, 0.4) is 0 Å². The first-order chi connectivity index (χ1) is 9.13. The average molecular weight is 261 g/mol. The number of imidazole rings is 1. The summed E-state index contributed by atoms with van der Waals surface area (Å²) in [6, 6.07) is 8.34. The first kappa shape index (κ1) is 14.0. The summed E-state index contributed by atoms with van der Waals surface area (Å²) in [5.41, 5.74) is 8.37. The average Bonchev–Trinajstić information content (AvgIpc) is 2.73. The largest absolute Gasteiger partial charge is 0.383 e. The van der Waals surface area contributed by atoms with Crippen LogP contribution >= 0.6 is 0 Å². The van der Waals surface area contributed by atoms with Gasteiger partial charge in [-0.1, -0.05) is 26.0 Å². The third-order valence-corrected chi connectivity index (χ3v) is 3.53. The van der Waals surface area contributed by atoms with Gasteiger partial charge in [0, 0.05) is 26.1 Å². The highest BCUT2D eigenvalue weighted by Gasteiger charge is 2.15. The fourth-order valence-corrected chi connectivity index (χ4v) is 2.16. The second-order valence-corrected chi connectivity index (χ2v) is 5.27. The first-order valence-electron chi connectivity index (χ1n) is 6.82. The molecule has 2 aromatic rings. The molecule has 1 atom stereocenters. The van der Waals surface area contributed by atoms with Gasteiger partial charge in [-0.3, -0.25) is 0 Å². The van der Waals surface area contributed by atoms with Gasteiger partial charge >= 0.3 is 0 Å². The number of para-hydroxylation sites is 2. The van der Waals surface area contributed by atoms with E-state index in [1.807, 2.05) is 18.2 Å².